The minimum atomic E-state index is -1.21. The van der Waals surface area contributed by atoms with Gasteiger partial charge in [-0.05, 0) is 62.8 Å². The number of unbranched alkanes of at least 4 members (excludes halogenated alkanes) is 7. The third-order valence-electron chi connectivity index (χ3n) is 8.65. The highest BCUT2D eigenvalue weighted by Gasteiger charge is 2.21. The summed E-state index contributed by atoms with van der Waals surface area (Å²) < 4.78 is 29.5. The number of carboxylic acids is 2. The Bertz CT molecular complexity index is 1370. The summed E-state index contributed by atoms with van der Waals surface area (Å²) in [5, 5.41) is 29.0. The van der Waals surface area contributed by atoms with Crippen LogP contribution in [-0.4, -0.2) is 143 Å². The van der Waals surface area contributed by atoms with Gasteiger partial charge in [-0.2, -0.15) is 0 Å². The summed E-state index contributed by atoms with van der Waals surface area (Å²) in [5.41, 5.74) is 0.214. The fourth-order valence-corrected chi connectivity index (χ4v) is 5.51. The van der Waals surface area contributed by atoms with Crippen molar-refractivity contribution >= 4 is 54.7 Å². The van der Waals surface area contributed by atoms with E-state index in [4.69, 9.17) is 28.8 Å². The summed E-state index contributed by atoms with van der Waals surface area (Å²) >= 11 is 3.87. The van der Waals surface area contributed by atoms with Gasteiger partial charge in [-0.3, -0.25) is 23.9 Å². The van der Waals surface area contributed by atoms with Crippen LogP contribution in [0, 0.1) is 0 Å². The molecule has 0 heterocycles. The molecule has 60 heavy (non-hydrogen) atoms. The number of carbonyl (C=O) groups excluding carboxylic acids is 5. The van der Waals surface area contributed by atoms with E-state index in [1.165, 1.54) is 12.1 Å². The SMILES string of the molecule is O=C[C@H](CCCCNC(=O)COCCOCCNC(=O)COCCOCCNC(=O)CCC(NC(=O)CCCCCCCCCOc1ccc(C(=O)O)cc1)C(=O)O)NS. The van der Waals surface area contributed by atoms with Crippen LogP contribution in [0.15, 0.2) is 24.3 Å². The molecule has 0 bridgehead atoms. The average molecular weight is 872 g/mol. The Morgan fingerprint density at radius 2 is 1.13 bits per heavy atom. The maximum atomic E-state index is 12.3. The molecule has 20 heteroatoms. The van der Waals surface area contributed by atoms with Gasteiger partial charge >= 0.3 is 11.9 Å². The second-order valence-electron chi connectivity index (χ2n) is 13.6. The number of aromatic carboxylic acids is 1. The van der Waals surface area contributed by atoms with Crippen LogP contribution in [0.4, 0.5) is 0 Å². The van der Waals surface area contributed by atoms with Gasteiger partial charge in [0.2, 0.25) is 23.6 Å². The lowest BCUT2D eigenvalue weighted by Crippen LogP contribution is -2.41. The molecule has 0 fully saturated rings. The van der Waals surface area contributed by atoms with Gasteiger partial charge in [-0.15, -0.1) is 0 Å². The smallest absolute Gasteiger partial charge is 0.335 e. The van der Waals surface area contributed by atoms with Gasteiger partial charge in [-0.25, -0.2) is 9.59 Å². The van der Waals surface area contributed by atoms with E-state index < -0.39 is 18.0 Å². The molecule has 1 aromatic carbocycles. The maximum absolute atomic E-state index is 12.3. The number of benzene rings is 1. The minimum Gasteiger partial charge on any atom is -0.494 e. The zero-order valence-electron chi connectivity index (χ0n) is 34.5. The topological polar surface area (TPSA) is 266 Å². The van der Waals surface area contributed by atoms with Gasteiger partial charge < -0.3 is 60.0 Å². The van der Waals surface area contributed by atoms with Gasteiger partial charge in [0.15, 0.2) is 0 Å². The van der Waals surface area contributed by atoms with Crippen LogP contribution in [-0.2, 0) is 47.7 Å². The number of amides is 4. The number of nitrogens with one attached hydrogen (secondary N) is 5. The second-order valence-corrected chi connectivity index (χ2v) is 13.9. The van der Waals surface area contributed by atoms with Crippen molar-refractivity contribution in [1.82, 2.24) is 26.0 Å². The Labute approximate surface area is 357 Å². The van der Waals surface area contributed by atoms with Gasteiger partial charge in [0.25, 0.3) is 0 Å². The Balaban J connectivity index is 1.93. The lowest BCUT2D eigenvalue weighted by molar-refractivity contribution is -0.142. The molecule has 0 radical (unpaired) electrons. The molecule has 2 atom stereocenters. The molecule has 1 rings (SSSR count). The number of aliphatic carboxylic acids is 1. The summed E-state index contributed by atoms with van der Waals surface area (Å²) in [6.07, 6.45) is 9.33. The minimum absolute atomic E-state index is 0.0503. The number of carbonyl (C=O) groups is 7. The van der Waals surface area contributed by atoms with Crippen LogP contribution in [0.3, 0.4) is 0 Å². The summed E-state index contributed by atoms with van der Waals surface area (Å²) in [6, 6.07) is 4.82. The first-order chi connectivity index (χ1) is 29.0. The monoisotopic (exact) mass is 871 g/mol. The fourth-order valence-electron chi connectivity index (χ4n) is 5.32. The average Bonchev–Trinajstić information content (AvgIpc) is 3.23. The largest absolute Gasteiger partial charge is 0.494 e. The predicted molar refractivity (Wildman–Crippen MR) is 223 cm³/mol. The lowest BCUT2D eigenvalue weighted by atomic mass is 10.1. The first-order valence-electron chi connectivity index (χ1n) is 20.5. The highest BCUT2D eigenvalue weighted by Crippen LogP contribution is 2.14. The van der Waals surface area contributed by atoms with Crippen molar-refractivity contribution in [1.29, 1.82) is 0 Å². The van der Waals surface area contributed by atoms with E-state index in [0.717, 1.165) is 57.7 Å². The number of rotatable bonds is 40. The standard InChI is InChI=1S/C40H65N5O14S/c46-28-32(45-60)10-7-8-18-41-37(49)29-57-26-25-56-23-20-43-38(50)30-58-27-24-55-22-19-42-35(47)17-16-34(40(53)54)44-36(48)11-6-4-2-1-3-5-9-21-59-33-14-12-31(13-15-33)39(51)52/h12-15,28,32,34,45,60H,1-11,16-27,29-30H2,(H,41,49)(H,42,47)(H,43,50)(H,44,48)(H,51,52)(H,53,54)/t32-,34?/m0/s1. The van der Waals surface area contributed by atoms with E-state index >= 15 is 0 Å². The Morgan fingerprint density at radius 1 is 0.583 bits per heavy atom. The highest BCUT2D eigenvalue weighted by atomic mass is 32.1. The Kier molecular flexibility index (Phi) is 32.7. The first-order valence-corrected chi connectivity index (χ1v) is 20.9. The second kappa shape index (κ2) is 36.5. The molecular formula is C40H65N5O14S. The molecule has 19 nitrogen and oxygen atoms in total. The van der Waals surface area contributed by atoms with E-state index in [-0.39, 0.29) is 120 Å². The molecule has 7 N–H and O–H groups in total. The molecule has 0 aliphatic carbocycles. The first kappa shape index (κ1) is 53.7. The number of thiol groups is 1. The Morgan fingerprint density at radius 3 is 1.70 bits per heavy atom. The van der Waals surface area contributed by atoms with Crippen molar-refractivity contribution in [2.24, 2.45) is 0 Å². The van der Waals surface area contributed by atoms with Gasteiger partial charge in [0.05, 0.1) is 57.9 Å². The van der Waals surface area contributed by atoms with E-state index in [1.807, 2.05) is 0 Å². The molecule has 0 saturated heterocycles. The van der Waals surface area contributed by atoms with Crippen LogP contribution in [0.2, 0.25) is 0 Å². The normalized spacial score (nSPS) is 11.9. The zero-order valence-corrected chi connectivity index (χ0v) is 35.4. The van der Waals surface area contributed by atoms with Crippen LogP contribution < -0.4 is 30.7 Å². The summed E-state index contributed by atoms with van der Waals surface area (Å²) in [7, 11) is 0. The van der Waals surface area contributed by atoms with Gasteiger partial charge in [0.1, 0.15) is 31.3 Å². The van der Waals surface area contributed by atoms with Crippen molar-refractivity contribution in [3.05, 3.63) is 29.8 Å². The van der Waals surface area contributed by atoms with Crippen LogP contribution in [0.25, 0.3) is 0 Å². The molecule has 0 aliphatic rings. The number of ether oxygens (including phenoxy) is 5. The number of hydrogen-bond donors (Lipinski definition) is 8. The van der Waals surface area contributed by atoms with Crippen molar-refractivity contribution in [3.63, 3.8) is 0 Å². The maximum Gasteiger partial charge on any atom is 0.335 e. The summed E-state index contributed by atoms with van der Waals surface area (Å²) in [6.45, 7) is 2.50. The summed E-state index contributed by atoms with van der Waals surface area (Å²) in [4.78, 5) is 81.4. The van der Waals surface area contributed by atoms with Crippen molar-refractivity contribution < 1.29 is 67.5 Å². The molecule has 0 aliphatic heterocycles. The van der Waals surface area contributed by atoms with E-state index in [1.54, 1.807) is 12.1 Å². The van der Waals surface area contributed by atoms with Crippen molar-refractivity contribution in [2.75, 3.05) is 79.1 Å². The molecule has 0 aromatic heterocycles. The lowest BCUT2D eigenvalue weighted by Gasteiger charge is -2.14. The third kappa shape index (κ3) is 30.7. The van der Waals surface area contributed by atoms with Crippen LogP contribution in [0.1, 0.15) is 93.8 Å². The van der Waals surface area contributed by atoms with Crippen LogP contribution in [0.5, 0.6) is 5.75 Å². The number of carboxylic acid groups (broad SMARTS) is 2. The molecule has 4 amide bonds. The number of hydrogen-bond acceptors (Lipinski definition) is 14. The van der Waals surface area contributed by atoms with Gasteiger partial charge in [-0.1, -0.05) is 44.9 Å². The van der Waals surface area contributed by atoms with E-state index in [9.17, 15) is 38.7 Å². The predicted octanol–water partition coefficient (Wildman–Crippen LogP) is 1.82. The molecular weight excluding hydrogens is 807 g/mol. The van der Waals surface area contributed by atoms with E-state index in [0.29, 0.717) is 31.7 Å². The highest BCUT2D eigenvalue weighted by molar-refractivity contribution is 7.78. The van der Waals surface area contributed by atoms with Crippen molar-refractivity contribution in [3.8, 4) is 5.75 Å². The molecule has 0 saturated carbocycles. The zero-order chi connectivity index (χ0) is 44.1. The van der Waals surface area contributed by atoms with E-state index in [2.05, 4.69) is 38.8 Å². The quantitative estimate of drug-likeness (QED) is 0.0266. The molecule has 340 valence electrons. The van der Waals surface area contributed by atoms with Crippen LogP contribution >= 0.6 is 12.8 Å². The van der Waals surface area contributed by atoms with Gasteiger partial charge in [0, 0.05) is 32.5 Å². The third-order valence-corrected chi connectivity index (χ3v) is 8.98. The van der Waals surface area contributed by atoms with Crippen molar-refractivity contribution in [2.45, 2.75) is 95.6 Å². The summed E-state index contributed by atoms with van der Waals surface area (Å²) in [5.74, 6) is -2.85. The fraction of sp³-hybridized carbons (Fsp3) is 0.675. The molecule has 1 aromatic rings. The molecule has 1 unspecified atom stereocenters. The molecule has 0 spiro atoms. The Hall–Kier alpha value is -4.34. The number of aldehydes is 1.